The van der Waals surface area contributed by atoms with Gasteiger partial charge in [-0.2, -0.15) is 17.9 Å². The third kappa shape index (κ3) is 5.68. The number of carboxylic acids is 1. The second kappa shape index (κ2) is 7.71. The van der Waals surface area contributed by atoms with E-state index in [1.54, 1.807) is 0 Å². The van der Waals surface area contributed by atoms with E-state index >= 15 is 0 Å². The number of halogens is 3. The van der Waals surface area contributed by atoms with Crippen molar-refractivity contribution in [2.45, 2.75) is 37.6 Å². The second-order valence-electron chi connectivity index (χ2n) is 5.78. The highest BCUT2D eigenvalue weighted by Gasteiger charge is 2.33. The number of ether oxygens (including phenoxy) is 1. The molecule has 1 aromatic rings. The van der Waals surface area contributed by atoms with E-state index in [1.807, 2.05) is 4.72 Å². The Morgan fingerprint density at radius 1 is 1.36 bits per heavy atom. The fourth-order valence-electron chi connectivity index (χ4n) is 2.57. The molecule has 0 bridgehead atoms. The smallest absolute Gasteiger partial charge is 0.416 e. The number of aliphatic carboxylic acids is 1. The lowest BCUT2D eigenvalue weighted by Crippen LogP contribution is -2.39. The number of benzene rings is 1. The maximum Gasteiger partial charge on any atom is 0.416 e. The summed E-state index contributed by atoms with van der Waals surface area (Å²) in [5.41, 5.74) is -1.35. The van der Waals surface area contributed by atoms with Crippen molar-refractivity contribution < 1.29 is 36.2 Å². The van der Waals surface area contributed by atoms with Gasteiger partial charge in [0.1, 0.15) is 6.04 Å². The minimum absolute atomic E-state index is 0.296. The molecule has 2 unspecified atom stereocenters. The molecule has 0 aromatic heterocycles. The molecule has 2 rings (SSSR count). The molecular weight excluding hydrogens is 363 g/mol. The van der Waals surface area contributed by atoms with Crippen LogP contribution in [0.4, 0.5) is 13.2 Å². The Morgan fingerprint density at radius 3 is 2.64 bits per heavy atom. The Hall–Kier alpha value is -1.65. The van der Waals surface area contributed by atoms with Gasteiger partial charge in [0, 0.05) is 6.61 Å². The standard InChI is InChI=1S/C15H18F3NO5S/c16-15(17,18)11-5-3-4-10(8-11)13(14(20)21)19-25(22,23)9-12-6-1-2-7-24-12/h3-5,8,12-13,19H,1-2,6-7,9H2,(H,20,21). The number of nitrogens with one attached hydrogen (secondary N) is 1. The minimum Gasteiger partial charge on any atom is -0.480 e. The summed E-state index contributed by atoms with van der Waals surface area (Å²) in [6, 6.07) is 1.77. The predicted molar refractivity (Wildman–Crippen MR) is 82.3 cm³/mol. The fraction of sp³-hybridized carbons (Fsp3) is 0.533. The van der Waals surface area contributed by atoms with E-state index in [0.717, 1.165) is 31.0 Å². The summed E-state index contributed by atoms with van der Waals surface area (Å²) >= 11 is 0. The third-order valence-electron chi connectivity index (χ3n) is 3.77. The van der Waals surface area contributed by atoms with Crippen molar-refractivity contribution in [3.05, 3.63) is 35.4 Å². The summed E-state index contributed by atoms with van der Waals surface area (Å²) in [7, 11) is -4.06. The van der Waals surface area contributed by atoms with Crippen LogP contribution in [0.15, 0.2) is 24.3 Å². The normalized spacial score (nSPS) is 20.2. The first-order chi connectivity index (χ1) is 11.6. The van der Waals surface area contributed by atoms with Gasteiger partial charge in [-0.05, 0) is 37.0 Å². The SMILES string of the molecule is O=C(O)C(NS(=O)(=O)CC1CCCCO1)c1cccc(C(F)(F)F)c1. The van der Waals surface area contributed by atoms with Crippen LogP contribution >= 0.6 is 0 Å². The number of hydrogen-bond acceptors (Lipinski definition) is 4. The topological polar surface area (TPSA) is 92.7 Å². The van der Waals surface area contributed by atoms with Crippen LogP contribution in [0, 0.1) is 0 Å². The summed E-state index contributed by atoms with van der Waals surface area (Å²) in [5.74, 6) is -2.03. The number of hydrogen-bond donors (Lipinski definition) is 2. The van der Waals surface area contributed by atoms with E-state index in [2.05, 4.69) is 0 Å². The van der Waals surface area contributed by atoms with Crippen molar-refractivity contribution in [2.24, 2.45) is 0 Å². The van der Waals surface area contributed by atoms with E-state index in [1.165, 1.54) is 0 Å². The number of sulfonamides is 1. The zero-order chi connectivity index (χ0) is 18.7. The molecule has 0 radical (unpaired) electrons. The van der Waals surface area contributed by atoms with Crippen LogP contribution in [0.2, 0.25) is 0 Å². The predicted octanol–water partition coefficient (Wildman–Crippen LogP) is 2.32. The Kier molecular flexibility index (Phi) is 6.07. The first-order valence-electron chi connectivity index (χ1n) is 7.60. The van der Waals surface area contributed by atoms with E-state index in [4.69, 9.17) is 4.74 Å². The lowest BCUT2D eigenvalue weighted by atomic mass is 10.0. The highest BCUT2D eigenvalue weighted by Crippen LogP contribution is 2.31. The summed E-state index contributed by atoms with van der Waals surface area (Å²) < 4.78 is 70.0. The fourth-order valence-corrected chi connectivity index (χ4v) is 4.01. The molecular formula is C15H18F3NO5S. The van der Waals surface area contributed by atoms with Crippen molar-refractivity contribution >= 4 is 16.0 Å². The van der Waals surface area contributed by atoms with Gasteiger partial charge >= 0.3 is 12.1 Å². The highest BCUT2D eigenvalue weighted by molar-refractivity contribution is 7.89. The Balaban J connectivity index is 2.19. The van der Waals surface area contributed by atoms with E-state index in [9.17, 15) is 31.5 Å². The molecule has 10 heteroatoms. The molecule has 6 nitrogen and oxygen atoms in total. The van der Waals surface area contributed by atoms with Gasteiger partial charge in [0.15, 0.2) is 0 Å². The average molecular weight is 381 g/mol. The molecule has 2 N–H and O–H groups in total. The summed E-state index contributed by atoms with van der Waals surface area (Å²) in [6.45, 7) is 0.427. The first kappa shape index (κ1) is 19.7. The molecule has 0 saturated carbocycles. The zero-order valence-electron chi connectivity index (χ0n) is 13.1. The van der Waals surface area contributed by atoms with Crippen molar-refractivity contribution in [3.63, 3.8) is 0 Å². The molecule has 0 amide bonds. The van der Waals surface area contributed by atoms with Crippen molar-refractivity contribution in [1.29, 1.82) is 0 Å². The lowest BCUT2D eigenvalue weighted by molar-refractivity contribution is -0.140. The van der Waals surface area contributed by atoms with E-state index < -0.39 is 45.6 Å². The molecule has 1 aliphatic rings. The molecule has 1 fully saturated rings. The molecule has 1 heterocycles. The van der Waals surface area contributed by atoms with Crippen LogP contribution in [0.5, 0.6) is 0 Å². The maximum absolute atomic E-state index is 12.8. The minimum atomic E-state index is -4.66. The molecule has 1 aromatic carbocycles. The van der Waals surface area contributed by atoms with E-state index in [-0.39, 0.29) is 5.56 Å². The van der Waals surface area contributed by atoms with Crippen LogP contribution < -0.4 is 4.72 Å². The van der Waals surface area contributed by atoms with Crippen LogP contribution in [0.3, 0.4) is 0 Å². The third-order valence-corrected chi connectivity index (χ3v) is 5.18. The van der Waals surface area contributed by atoms with Crippen molar-refractivity contribution in [1.82, 2.24) is 4.72 Å². The number of carbonyl (C=O) groups is 1. The highest BCUT2D eigenvalue weighted by atomic mass is 32.2. The second-order valence-corrected chi connectivity index (χ2v) is 7.58. The van der Waals surface area contributed by atoms with Crippen LogP contribution in [-0.2, 0) is 25.7 Å². The molecule has 0 spiro atoms. The molecule has 2 atom stereocenters. The average Bonchev–Trinajstić information content (AvgIpc) is 2.52. The maximum atomic E-state index is 12.8. The number of rotatable bonds is 6. The molecule has 0 aliphatic carbocycles. The summed E-state index contributed by atoms with van der Waals surface area (Å²) in [6.07, 6.45) is -3.06. The van der Waals surface area contributed by atoms with Gasteiger partial charge in [0.05, 0.1) is 17.4 Å². The van der Waals surface area contributed by atoms with E-state index in [0.29, 0.717) is 19.1 Å². The van der Waals surface area contributed by atoms with Gasteiger partial charge in [-0.25, -0.2) is 8.42 Å². The van der Waals surface area contributed by atoms with Gasteiger partial charge in [-0.1, -0.05) is 12.1 Å². The van der Waals surface area contributed by atoms with Gasteiger partial charge < -0.3 is 9.84 Å². The molecule has 140 valence electrons. The Morgan fingerprint density at radius 2 is 2.08 bits per heavy atom. The largest absolute Gasteiger partial charge is 0.480 e. The van der Waals surface area contributed by atoms with Crippen LogP contribution in [-0.4, -0.2) is 38.0 Å². The number of carboxylic acid groups (broad SMARTS) is 1. The lowest BCUT2D eigenvalue weighted by Gasteiger charge is -2.23. The summed E-state index contributed by atoms with van der Waals surface area (Å²) in [4.78, 5) is 11.4. The summed E-state index contributed by atoms with van der Waals surface area (Å²) in [5, 5.41) is 9.25. The van der Waals surface area contributed by atoms with Gasteiger partial charge in [0.25, 0.3) is 0 Å². The molecule has 1 saturated heterocycles. The van der Waals surface area contributed by atoms with Crippen LogP contribution in [0.25, 0.3) is 0 Å². The van der Waals surface area contributed by atoms with Crippen molar-refractivity contribution in [2.75, 3.05) is 12.4 Å². The van der Waals surface area contributed by atoms with Gasteiger partial charge in [-0.15, -0.1) is 0 Å². The van der Waals surface area contributed by atoms with Gasteiger partial charge in [0.2, 0.25) is 10.0 Å². The monoisotopic (exact) mass is 381 g/mol. The molecule has 25 heavy (non-hydrogen) atoms. The van der Waals surface area contributed by atoms with Crippen molar-refractivity contribution in [3.8, 4) is 0 Å². The quantitative estimate of drug-likeness (QED) is 0.789. The Bertz CT molecular complexity index is 714. The van der Waals surface area contributed by atoms with Gasteiger partial charge in [-0.3, -0.25) is 4.79 Å². The number of alkyl halides is 3. The zero-order valence-corrected chi connectivity index (χ0v) is 13.9. The molecule has 1 aliphatic heterocycles. The Labute approximate surface area is 143 Å². The first-order valence-corrected chi connectivity index (χ1v) is 9.25. The van der Waals surface area contributed by atoms with Crippen LogP contribution in [0.1, 0.15) is 36.4 Å².